The van der Waals surface area contributed by atoms with Gasteiger partial charge in [-0.15, -0.1) is 0 Å². The summed E-state index contributed by atoms with van der Waals surface area (Å²) in [6.45, 7) is 13.8. The molecular formula is C88H111Cl2N23O16S4. The van der Waals surface area contributed by atoms with Crippen molar-refractivity contribution in [2.24, 2.45) is 5.92 Å². The maximum Gasteiger partial charge on any atom is 0.243 e. The Balaban J connectivity index is 0.000000130. The Kier molecular flexibility index (Phi) is 30.0. The number of nitrogens with zero attached hydrogens (tertiary/aromatic N) is 11. The van der Waals surface area contributed by atoms with Gasteiger partial charge in [0.25, 0.3) is 0 Å². The van der Waals surface area contributed by atoms with Crippen molar-refractivity contribution < 1.29 is 71.6 Å². The number of piperidine rings is 2. The number of sulfone groups is 2. The van der Waals surface area contributed by atoms with Crippen LogP contribution >= 0.6 is 23.2 Å². The number of nitrogens with one attached hydrogen (secondary N) is 12. The van der Waals surface area contributed by atoms with Crippen molar-refractivity contribution in [2.75, 3.05) is 182 Å². The van der Waals surface area contributed by atoms with Crippen molar-refractivity contribution in [1.82, 2.24) is 73.3 Å². The van der Waals surface area contributed by atoms with Crippen LogP contribution in [0.15, 0.2) is 117 Å². The third-order valence-corrected chi connectivity index (χ3v) is 30.8. The first-order valence-electron chi connectivity index (χ1n) is 44.2. The topological polar surface area (TPSA) is 483 Å². The minimum atomic E-state index is -3.65. The van der Waals surface area contributed by atoms with E-state index < -0.39 is 39.7 Å². The second kappa shape index (κ2) is 41.9. The number of rotatable bonds is 28. The lowest BCUT2D eigenvalue weighted by molar-refractivity contribution is 0.0730. The normalized spacial score (nSPS) is 17.7. The molecule has 1 saturated carbocycles. The van der Waals surface area contributed by atoms with Gasteiger partial charge in [-0.05, 0) is 163 Å². The van der Waals surface area contributed by atoms with Crippen molar-refractivity contribution in [2.45, 2.75) is 135 Å². The van der Waals surface area contributed by atoms with E-state index in [0.717, 1.165) is 142 Å². The lowest BCUT2D eigenvalue weighted by Crippen LogP contribution is -2.48. The molecule has 0 radical (unpaired) electrons. The average molecular weight is 1950 g/mol. The fourth-order valence-corrected chi connectivity index (χ4v) is 21.3. The van der Waals surface area contributed by atoms with Crippen molar-refractivity contribution in [3.63, 3.8) is 0 Å². The van der Waals surface area contributed by atoms with Gasteiger partial charge in [0.15, 0.2) is 19.7 Å². The number of fused-ring (bicyclic) bond motifs is 4. The summed E-state index contributed by atoms with van der Waals surface area (Å²) in [5.41, 5.74) is 6.96. The van der Waals surface area contributed by atoms with Crippen LogP contribution in [-0.2, 0) is 58.7 Å². The fourth-order valence-electron chi connectivity index (χ4n) is 16.7. The number of aromatic amines is 4. The van der Waals surface area contributed by atoms with Crippen LogP contribution in [0.3, 0.4) is 0 Å². The van der Waals surface area contributed by atoms with Gasteiger partial charge in [0.2, 0.25) is 43.8 Å². The lowest BCUT2D eigenvalue weighted by atomic mass is 10.0. The molecule has 6 aliphatic heterocycles. The number of ether oxygens (including phenoxy) is 8. The minimum absolute atomic E-state index is 0.126. The van der Waals surface area contributed by atoms with E-state index in [1.165, 1.54) is 95.2 Å². The highest BCUT2D eigenvalue weighted by Crippen LogP contribution is 2.41. The first-order valence-corrected chi connectivity index (χ1v) is 51.6. The van der Waals surface area contributed by atoms with Crippen LogP contribution in [0.4, 0.5) is 69.8 Å². The first-order chi connectivity index (χ1) is 64.1. The molecule has 6 saturated heterocycles. The Labute approximate surface area is 781 Å². The van der Waals surface area contributed by atoms with E-state index in [2.05, 4.69) is 97.3 Å². The average Bonchev–Trinajstić information content (AvgIpc) is 1.76. The zero-order valence-electron chi connectivity index (χ0n) is 75.1. The number of aromatic nitrogens is 12. The third kappa shape index (κ3) is 22.8. The molecule has 0 bridgehead atoms. The minimum Gasteiger partial charge on any atom is -0.495 e. The van der Waals surface area contributed by atoms with Crippen LogP contribution in [0.1, 0.15) is 88.2 Å². The third-order valence-electron chi connectivity index (χ3n) is 24.2. The molecule has 4 aromatic carbocycles. The number of halogens is 2. The van der Waals surface area contributed by atoms with Crippen LogP contribution in [0.2, 0.25) is 10.0 Å². The molecule has 712 valence electrons. The van der Waals surface area contributed by atoms with E-state index in [1.54, 1.807) is 59.2 Å². The molecule has 7 fully saturated rings. The number of benzene rings is 4. The number of hydrogen-bond donors (Lipinski definition) is 12. The Hall–Kier alpha value is -10.9. The number of morpholine rings is 1. The Morgan fingerprint density at radius 3 is 1.14 bits per heavy atom. The number of hydrogen-bond acceptors (Lipinski definition) is 33. The molecule has 19 rings (SSSR count). The van der Waals surface area contributed by atoms with Gasteiger partial charge in [-0.1, -0.05) is 29.6 Å². The van der Waals surface area contributed by atoms with E-state index in [4.69, 9.17) is 71.1 Å². The van der Waals surface area contributed by atoms with Gasteiger partial charge in [0.05, 0.1) is 128 Å². The van der Waals surface area contributed by atoms with Gasteiger partial charge in [-0.25, -0.2) is 33.7 Å². The number of anilines is 12. The highest BCUT2D eigenvalue weighted by Gasteiger charge is 2.35. The molecule has 7 aliphatic rings. The van der Waals surface area contributed by atoms with Crippen LogP contribution in [0, 0.1) is 19.8 Å². The standard InChI is InChI=1S/C27H36ClN7O4S.C23H30N6O5S.C20H25N5O4S.C18H20ClN5O3S/c1-38-23-15-20(40(36,37)35-12-7-19(8-13-35)34-10-3-2-4-11-34)5-6-22(23)31-27-32-25-24(21(28)16-29-25)26(33-27)30-18-9-14-39-17-18;1-15-14-24-21-20(15)22(25-16-5-9-33-10-6-16)28-23(27-21)26-18-4-3-17(13-19(18)32-2)35(30,31)29-7-11-34-12-8-29;1-12-11-21-18-17(12)19(22-13-6-8-29-9-7-13)25-20(24-18)23-15-5-4-14(30(3,26)27)10-16(15)28-2;1-27-14-7-11(28(2,25)26)5-6-13(14)22-18-23-16(20-8-10-3-4-10)15-12(19)9-21-17(15)24-18/h5-6,15-16,18-19H,2-4,7-14,17H2,1H3,(H3,29,30,31,32,33);3-4,13-14,16H,5-12H2,1-2H3,(H3,24,25,26,27,28);4-5,10-11,13H,6-9H2,1-3H3,(H3,21,22,23,24,25);5-7,9-10H,3-4,8H2,1-2H3,(H3,20,21,22,23,24)/t18-;;;/m0.../s1. The highest BCUT2D eigenvalue weighted by atomic mass is 35.5. The summed E-state index contributed by atoms with van der Waals surface area (Å²) in [5, 5.41) is 30.9. The summed E-state index contributed by atoms with van der Waals surface area (Å²) >= 11 is 12.7. The van der Waals surface area contributed by atoms with E-state index in [9.17, 15) is 33.7 Å². The zero-order valence-corrected chi connectivity index (χ0v) is 79.8. The fraction of sp³-hybridized carbons (Fsp3) is 0.455. The van der Waals surface area contributed by atoms with Crippen LogP contribution in [0.25, 0.3) is 44.1 Å². The molecule has 8 aromatic heterocycles. The van der Waals surface area contributed by atoms with Crippen molar-refractivity contribution in [3.05, 3.63) is 119 Å². The second-order valence-corrected chi connectivity index (χ2v) is 42.2. The van der Waals surface area contributed by atoms with E-state index >= 15 is 0 Å². The Morgan fingerprint density at radius 1 is 0.391 bits per heavy atom. The summed E-state index contributed by atoms with van der Waals surface area (Å²) in [4.78, 5) is 52.7. The molecule has 0 amide bonds. The zero-order chi connectivity index (χ0) is 93.3. The van der Waals surface area contributed by atoms with Gasteiger partial charge in [-0.2, -0.15) is 48.5 Å². The molecule has 133 heavy (non-hydrogen) atoms. The largest absolute Gasteiger partial charge is 0.495 e. The molecule has 12 aromatic rings. The molecule has 39 nitrogen and oxygen atoms in total. The number of aryl methyl sites for hydroxylation is 2. The van der Waals surface area contributed by atoms with Gasteiger partial charge in [0, 0.05) is 145 Å². The number of methoxy groups -OCH3 is 4. The maximum atomic E-state index is 13.5. The summed E-state index contributed by atoms with van der Waals surface area (Å²) < 4.78 is 147. The SMILES string of the molecule is COc1cc(S(=O)(=O)N2CCC(N3CCCCC3)CC2)ccc1Nc1nc(N[C@H]2CCOC2)c2c(Cl)c[nH]c2n1.COc1cc(S(=O)(=O)N2CCOCC2)ccc1Nc1nc(NC2CCOCC2)c2c(C)c[nH]c2n1.COc1cc(S(C)(=O)=O)ccc1Nc1nc(NC2CCOCC2)c2c(C)c[nH]c2n1.COc1cc(S(C)(=O)=O)ccc1Nc1nc(NCC2CC2)c2c(Cl)c[nH]c2n1. The Bertz CT molecular complexity index is 6630. The van der Waals surface area contributed by atoms with Crippen molar-refractivity contribution in [1.29, 1.82) is 0 Å². The lowest BCUT2D eigenvalue weighted by Gasteiger charge is -2.39. The van der Waals surface area contributed by atoms with E-state index in [1.807, 2.05) is 26.2 Å². The van der Waals surface area contributed by atoms with Gasteiger partial charge >= 0.3 is 0 Å². The summed E-state index contributed by atoms with van der Waals surface area (Å²) in [6.07, 6.45) is 21.9. The highest BCUT2D eigenvalue weighted by molar-refractivity contribution is 7.91. The maximum absolute atomic E-state index is 13.5. The van der Waals surface area contributed by atoms with Gasteiger partial charge < -0.3 is 105 Å². The molecular weight excluding hydrogens is 1830 g/mol. The second-order valence-electron chi connectivity index (χ2n) is 33.5. The van der Waals surface area contributed by atoms with E-state index in [-0.39, 0.29) is 37.7 Å². The van der Waals surface area contributed by atoms with Crippen LogP contribution in [-0.4, -0.2) is 271 Å². The number of sulfonamides is 2. The smallest absolute Gasteiger partial charge is 0.243 e. The summed E-state index contributed by atoms with van der Waals surface area (Å²) in [6, 6.07) is 20.0. The van der Waals surface area contributed by atoms with Crippen LogP contribution in [0.5, 0.6) is 23.0 Å². The van der Waals surface area contributed by atoms with Crippen LogP contribution < -0.4 is 61.5 Å². The monoisotopic (exact) mass is 1940 g/mol. The molecule has 0 spiro atoms. The number of H-pyrrole nitrogens is 4. The molecule has 1 atom stereocenters. The quantitative estimate of drug-likeness (QED) is 0.0217. The van der Waals surface area contributed by atoms with Crippen molar-refractivity contribution >= 4 is 177 Å². The molecule has 14 heterocycles. The van der Waals surface area contributed by atoms with Gasteiger partial charge in [0.1, 0.15) is 68.9 Å². The molecule has 0 unspecified atom stereocenters. The van der Waals surface area contributed by atoms with E-state index in [0.29, 0.717) is 184 Å². The predicted octanol–water partition coefficient (Wildman–Crippen LogP) is 13.4. The summed E-state index contributed by atoms with van der Waals surface area (Å²) in [7, 11) is -7.98. The molecule has 1 aliphatic carbocycles. The molecule has 12 N–H and O–H groups in total. The first kappa shape index (κ1) is 95.2. The van der Waals surface area contributed by atoms with Crippen molar-refractivity contribution in [3.8, 4) is 23.0 Å². The predicted molar refractivity (Wildman–Crippen MR) is 512 cm³/mol. The molecule has 45 heteroatoms. The number of likely N-dealkylation sites (tertiary alicyclic amines) is 1. The van der Waals surface area contributed by atoms with Gasteiger partial charge in [-0.3, -0.25) is 0 Å². The summed E-state index contributed by atoms with van der Waals surface area (Å²) in [5.74, 6) is 6.36. The Morgan fingerprint density at radius 2 is 0.737 bits per heavy atom.